The molecule has 0 spiro atoms. The lowest BCUT2D eigenvalue weighted by molar-refractivity contribution is 0.0597. The van der Waals surface area contributed by atoms with Gasteiger partial charge in [-0.3, -0.25) is 0 Å². The zero-order valence-electron chi connectivity index (χ0n) is 10.9. The smallest absolute Gasteiger partial charge is 0.358 e. The van der Waals surface area contributed by atoms with Crippen LogP contribution in [0, 0.1) is 6.92 Å². The Morgan fingerprint density at radius 2 is 2.28 bits per heavy atom. The van der Waals surface area contributed by atoms with Crippen molar-refractivity contribution in [1.29, 1.82) is 0 Å². The van der Waals surface area contributed by atoms with Crippen molar-refractivity contribution in [1.82, 2.24) is 14.7 Å². The molecule has 0 aliphatic carbocycles. The van der Waals surface area contributed by atoms with Crippen LogP contribution in [0.15, 0.2) is 18.2 Å². The number of esters is 1. The molecular formula is C13H17N3O2. The van der Waals surface area contributed by atoms with E-state index in [1.807, 2.05) is 36.6 Å². The largest absolute Gasteiger partial charge is 0.464 e. The number of carbonyl (C=O) groups excluding carboxylic acids is 1. The third kappa shape index (κ3) is 2.09. The minimum atomic E-state index is -0.395. The number of ether oxygens (including phenoxy) is 1. The topological polar surface area (TPSA) is 55.6 Å². The standard InChI is InChI=1S/C13H17N3O2/c1-9-5-4-6-10-12(13(17)18-3)15-11(16(9)10)7-8-14-2/h4-6,14H,7-8H2,1-3H3. The number of rotatable bonds is 4. The second-order valence-corrected chi connectivity index (χ2v) is 4.11. The quantitative estimate of drug-likeness (QED) is 0.825. The van der Waals surface area contributed by atoms with Crippen LogP contribution >= 0.6 is 0 Å². The zero-order valence-corrected chi connectivity index (χ0v) is 10.9. The summed E-state index contributed by atoms with van der Waals surface area (Å²) in [6, 6.07) is 5.80. The van der Waals surface area contributed by atoms with Crippen LogP contribution in [0.4, 0.5) is 0 Å². The fraction of sp³-hybridized carbons (Fsp3) is 0.385. The number of nitrogens with zero attached hydrogens (tertiary/aromatic N) is 2. The minimum absolute atomic E-state index is 0.382. The molecule has 0 saturated carbocycles. The second kappa shape index (κ2) is 5.18. The second-order valence-electron chi connectivity index (χ2n) is 4.11. The van der Waals surface area contributed by atoms with Gasteiger partial charge in [0.05, 0.1) is 12.6 Å². The van der Waals surface area contributed by atoms with Crippen molar-refractivity contribution in [2.45, 2.75) is 13.3 Å². The molecule has 0 atom stereocenters. The maximum absolute atomic E-state index is 11.7. The molecule has 0 fully saturated rings. The number of aromatic nitrogens is 2. The lowest BCUT2D eigenvalue weighted by atomic mass is 10.3. The Labute approximate surface area is 106 Å². The van der Waals surface area contributed by atoms with Crippen molar-refractivity contribution >= 4 is 11.5 Å². The number of methoxy groups -OCH3 is 1. The highest BCUT2D eigenvalue weighted by atomic mass is 16.5. The molecular weight excluding hydrogens is 230 g/mol. The Hall–Kier alpha value is -1.88. The van der Waals surface area contributed by atoms with E-state index >= 15 is 0 Å². The number of carbonyl (C=O) groups is 1. The number of nitrogens with one attached hydrogen (secondary N) is 1. The molecule has 0 unspecified atom stereocenters. The first kappa shape index (κ1) is 12.6. The number of likely N-dealkylation sites (N-methyl/N-ethyl adjacent to an activating group) is 1. The molecule has 2 aromatic rings. The van der Waals surface area contributed by atoms with Crippen LogP contribution in [-0.2, 0) is 11.2 Å². The van der Waals surface area contributed by atoms with Gasteiger partial charge in [-0.2, -0.15) is 0 Å². The van der Waals surface area contributed by atoms with Gasteiger partial charge in [-0.25, -0.2) is 9.78 Å². The molecule has 1 N–H and O–H groups in total. The molecule has 18 heavy (non-hydrogen) atoms. The number of pyridine rings is 1. The summed E-state index contributed by atoms with van der Waals surface area (Å²) in [6.07, 6.45) is 0.763. The van der Waals surface area contributed by atoms with Gasteiger partial charge in [0.15, 0.2) is 5.69 Å². The molecule has 5 nitrogen and oxygen atoms in total. The Bertz CT molecular complexity index is 575. The SMILES string of the molecule is CNCCc1nc(C(=O)OC)c2cccc(C)n12. The number of imidazole rings is 1. The van der Waals surface area contributed by atoms with Gasteiger partial charge in [0.1, 0.15) is 5.82 Å². The van der Waals surface area contributed by atoms with Crippen LogP contribution in [0.1, 0.15) is 22.0 Å². The van der Waals surface area contributed by atoms with Crippen LogP contribution in [0.25, 0.3) is 5.52 Å². The number of aryl methyl sites for hydroxylation is 1. The molecule has 0 aliphatic heterocycles. The highest BCUT2D eigenvalue weighted by Crippen LogP contribution is 2.17. The van der Waals surface area contributed by atoms with Gasteiger partial charge >= 0.3 is 5.97 Å². The molecule has 0 saturated heterocycles. The molecule has 2 aromatic heterocycles. The van der Waals surface area contributed by atoms with Crippen molar-refractivity contribution < 1.29 is 9.53 Å². The molecule has 0 bridgehead atoms. The highest BCUT2D eigenvalue weighted by molar-refractivity contribution is 5.95. The Balaban J connectivity index is 2.60. The van der Waals surface area contributed by atoms with E-state index in [-0.39, 0.29) is 0 Å². The van der Waals surface area contributed by atoms with E-state index in [0.717, 1.165) is 30.0 Å². The summed E-state index contributed by atoms with van der Waals surface area (Å²) in [7, 11) is 3.26. The van der Waals surface area contributed by atoms with Crippen LogP contribution in [-0.4, -0.2) is 36.1 Å². The summed E-state index contributed by atoms with van der Waals surface area (Å²) in [5, 5.41) is 3.08. The number of fused-ring (bicyclic) bond motifs is 1. The molecule has 2 rings (SSSR count). The van der Waals surface area contributed by atoms with Gasteiger partial charge in [0.2, 0.25) is 0 Å². The third-order valence-electron chi connectivity index (χ3n) is 2.90. The van der Waals surface area contributed by atoms with Gasteiger partial charge in [0.25, 0.3) is 0 Å². The molecule has 0 radical (unpaired) electrons. The first-order valence-corrected chi connectivity index (χ1v) is 5.89. The monoisotopic (exact) mass is 247 g/mol. The summed E-state index contributed by atoms with van der Waals surface area (Å²) in [5.74, 6) is 0.478. The van der Waals surface area contributed by atoms with E-state index in [4.69, 9.17) is 4.74 Å². The summed E-state index contributed by atoms with van der Waals surface area (Å²) in [4.78, 5) is 16.1. The van der Waals surface area contributed by atoms with E-state index in [2.05, 4.69) is 10.3 Å². The summed E-state index contributed by atoms with van der Waals surface area (Å²) in [6.45, 7) is 2.81. The lowest BCUT2D eigenvalue weighted by Gasteiger charge is -2.04. The maximum atomic E-state index is 11.7. The molecule has 2 heterocycles. The molecule has 0 aromatic carbocycles. The summed E-state index contributed by atoms with van der Waals surface area (Å²) >= 11 is 0. The van der Waals surface area contributed by atoms with Crippen LogP contribution < -0.4 is 5.32 Å². The Morgan fingerprint density at radius 3 is 2.94 bits per heavy atom. The summed E-state index contributed by atoms with van der Waals surface area (Å²) < 4.78 is 6.78. The van der Waals surface area contributed by atoms with Crippen molar-refractivity contribution in [2.75, 3.05) is 20.7 Å². The van der Waals surface area contributed by atoms with Crippen molar-refractivity contribution in [3.8, 4) is 0 Å². The van der Waals surface area contributed by atoms with E-state index in [9.17, 15) is 4.79 Å². The Morgan fingerprint density at radius 1 is 1.50 bits per heavy atom. The molecule has 0 amide bonds. The van der Waals surface area contributed by atoms with E-state index in [1.165, 1.54) is 7.11 Å². The van der Waals surface area contributed by atoms with Gasteiger partial charge < -0.3 is 14.5 Å². The average molecular weight is 247 g/mol. The first-order valence-electron chi connectivity index (χ1n) is 5.89. The third-order valence-corrected chi connectivity index (χ3v) is 2.90. The van der Waals surface area contributed by atoms with Gasteiger partial charge in [-0.15, -0.1) is 0 Å². The molecule has 0 aliphatic rings. The fourth-order valence-corrected chi connectivity index (χ4v) is 2.03. The first-order chi connectivity index (χ1) is 8.69. The number of hydrogen-bond acceptors (Lipinski definition) is 4. The Kier molecular flexibility index (Phi) is 3.62. The highest BCUT2D eigenvalue weighted by Gasteiger charge is 2.18. The molecule has 5 heteroatoms. The van der Waals surface area contributed by atoms with Crippen LogP contribution in [0.5, 0.6) is 0 Å². The van der Waals surface area contributed by atoms with Crippen molar-refractivity contribution in [3.63, 3.8) is 0 Å². The fourth-order valence-electron chi connectivity index (χ4n) is 2.03. The van der Waals surface area contributed by atoms with E-state index < -0.39 is 5.97 Å². The predicted molar refractivity (Wildman–Crippen MR) is 68.9 cm³/mol. The minimum Gasteiger partial charge on any atom is -0.464 e. The lowest BCUT2D eigenvalue weighted by Crippen LogP contribution is -2.12. The van der Waals surface area contributed by atoms with E-state index in [0.29, 0.717) is 5.69 Å². The van der Waals surface area contributed by atoms with Crippen molar-refractivity contribution in [2.24, 2.45) is 0 Å². The van der Waals surface area contributed by atoms with Gasteiger partial charge in [-0.05, 0) is 26.1 Å². The number of hydrogen-bond donors (Lipinski definition) is 1. The zero-order chi connectivity index (χ0) is 13.1. The van der Waals surface area contributed by atoms with Crippen molar-refractivity contribution in [3.05, 3.63) is 35.4 Å². The predicted octanol–water partition coefficient (Wildman–Crippen LogP) is 1.19. The maximum Gasteiger partial charge on any atom is 0.358 e. The van der Waals surface area contributed by atoms with E-state index in [1.54, 1.807) is 0 Å². The normalized spacial score (nSPS) is 10.8. The summed E-state index contributed by atoms with van der Waals surface area (Å²) in [5.41, 5.74) is 2.24. The van der Waals surface area contributed by atoms with Crippen LogP contribution in [0.3, 0.4) is 0 Å². The average Bonchev–Trinajstić information content (AvgIpc) is 2.75. The van der Waals surface area contributed by atoms with Crippen LogP contribution in [0.2, 0.25) is 0 Å². The van der Waals surface area contributed by atoms with Gasteiger partial charge in [-0.1, -0.05) is 6.07 Å². The van der Waals surface area contributed by atoms with Gasteiger partial charge in [0, 0.05) is 18.7 Å². The molecule has 96 valence electrons.